The number of benzene rings is 2. The number of nitrogens with one attached hydrogen (secondary N) is 2. The van der Waals surface area contributed by atoms with E-state index in [2.05, 4.69) is 51.7 Å². The fraction of sp³-hybridized carbons (Fsp3) is 0.425. The molecule has 1 saturated heterocycles. The van der Waals surface area contributed by atoms with E-state index in [0.29, 0.717) is 42.6 Å². The number of carbonyl (C=O) groups excluding carboxylic acids is 3. The maximum absolute atomic E-state index is 13.7. The van der Waals surface area contributed by atoms with Crippen LogP contribution in [-0.4, -0.2) is 80.6 Å². The molecule has 0 bridgehead atoms. The van der Waals surface area contributed by atoms with Crippen LogP contribution in [0.3, 0.4) is 0 Å². The van der Waals surface area contributed by atoms with Crippen molar-refractivity contribution >= 4 is 23.6 Å². The van der Waals surface area contributed by atoms with Crippen LogP contribution >= 0.6 is 0 Å². The lowest BCUT2D eigenvalue weighted by atomic mass is 9.91. The number of nitrogens with zero attached hydrogens (tertiary/aromatic N) is 5. The molecule has 0 saturated carbocycles. The zero-order valence-corrected chi connectivity index (χ0v) is 31.4. The number of hydrogen-bond acceptors (Lipinski definition) is 8. The smallest absolute Gasteiger partial charge is 0.410 e. The summed E-state index contributed by atoms with van der Waals surface area (Å²) in [6.45, 7) is 14.3. The first-order valence-electron chi connectivity index (χ1n) is 17.8. The van der Waals surface area contributed by atoms with E-state index in [0.717, 1.165) is 64.3 Å². The molecule has 52 heavy (non-hydrogen) atoms. The zero-order valence-electron chi connectivity index (χ0n) is 31.4. The second-order valence-electron chi connectivity index (χ2n) is 14.7. The number of anilines is 1. The van der Waals surface area contributed by atoms with E-state index in [1.807, 2.05) is 63.6 Å². The summed E-state index contributed by atoms with van der Waals surface area (Å²) in [6, 6.07) is 16.3. The summed E-state index contributed by atoms with van der Waals surface area (Å²) in [6.07, 6.45) is 1.12. The lowest BCUT2D eigenvalue weighted by molar-refractivity contribution is -0.119. The summed E-state index contributed by atoms with van der Waals surface area (Å²) in [7, 11) is 3.48. The number of imidazole rings is 1. The molecule has 12 heteroatoms. The molecule has 0 unspecified atom stereocenters. The lowest BCUT2D eigenvalue weighted by Crippen LogP contribution is -2.40. The second kappa shape index (κ2) is 14.8. The van der Waals surface area contributed by atoms with Crippen molar-refractivity contribution in [1.82, 2.24) is 29.7 Å². The summed E-state index contributed by atoms with van der Waals surface area (Å²) in [4.78, 5) is 51.4. The minimum Gasteiger partial charge on any atom is -0.481 e. The Labute approximate surface area is 305 Å². The fourth-order valence-corrected chi connectivity index (χ4v) is 7.20. The van der Waals surface area contributed by atoms with Crippen LogP contribution in [0.1, 0.15) is 72.8 Å². The van der Waals surface area contributed by atoms with E-state index in [4.69, 9.17) is 14.5 Å². The van der Waals surface area contributed by atoms with Gasteiger partial charge in [-0.2, -0.15) is 0 Å². The summed E-state index contributed by atoms with van der Waals surface area (Å²) in [5.74, 6) is 0.555. The zero-order chi connectivity index (χ0) is 37.3. The SMILES string of the molecule is COc1nc(-c2cccc(-c3cccc(NC(=O)c4nc5c(n4C)CCN(C(=O)OC(C)(C)C)C5)c3C)c2C)ccc1CN1CC[C@@H](NC(C)=O)C1. The maximum atomic E-state index is 13.7. The van der Waals surface area contributed by atoms with Gasteiger partial charge in [0, 0.05) is 75.1 Å². The molecule has 2 N–H and O–H groups in total. The number of methoxy groups -OCH3 is 1. The predicted octanol–water partition coefficient (Wildman–Crippen LogP) is 6.03. The van der Waals surface area contributed by atoms with E-state index < -0.39 is 5.60 Å². The van der Waals surface area contributed by atoms with E-state index in [1.165, 1.54) is 0 Å². The first kappa shape index (κ1) is 36.6. The van der Waals surface area contributed by atoms with Crippen LogP contribution in [0.5, 0.6) is 5.88 Å². The molecule has 1 fully saturated rings. The lowest BCUT2D eigenvalue weighted by Gasteiger charge is -2.29. The third-order valence-electron chi connectivity index (χ3n) is 9.80. The quantitative estimate of drug-likeness (QED) is 0.227. The molecule has 0 radical (unpaired) electrons. The van der Waals surface area contributed by atoms with Gasteiger partial charge in [-0.1, -0.05) is 36.4 Å². The van der Waals surface area contributed by atoms with Crippen LogP contribution in [0.4, 0.5) is 10.5 Å². The Morgan fingerprint density at radius 1 is 0.942 bits per heavy atom. The molecule has 0 aliphatic carbocycles. The third-order valence-corrected chi connectivity index (χ3v) is 9.80. The van der Waals surface area contributed by atoms with Gasteiger partial charge in [-0.25, -0.2) is 14.8 Å². The molecular formula is C40H49N7O5. The molecule has 2 aromatic heterocycles. The van der Waals surface area contributed by atoms with E-state index in [1.54, 1.807) is 18.9 Å². The molecule has 4 heterocycles. The van der Waals surface area contributed by atoms with Crippen molar-refractivity contribution in [3.8, 4) is 28.3 Å². The Morgan fingerprint density at radius 3 is 2.37 bits per heavy atom. The van der Waals surface area contributed by atoms with Crippen molar-refractivity contribution in [2.45, 2.75) is 79.1 Å². The molecule has 2 aromatic carbocycles. The van der Waals surface area contributed by atoms with Crippen molar-refractivity contribution in [2.75, 3.05) is 32.1 Å². The number of ether oxygens (including phenoxy) is 2. The van der Waals surface area contributed by atoms with Gasteiger partial charge in [-0.3, -0.25) is 14.5 Å². The number of carbonyl (C=O) groups is 3. The predicted molar refractivity (Wildman–Crippen MR) is 200 cm³/mol. The van der Waals surface area contributed by atoms with Crippen LogP contribution in [-0.2, 0) is 36.1 Å². The number of pyridine rings is 1. The summed E-state index contributed by atoms with van der Waals surface area (Å²) < 4.78 is 13.1. The number of fused-ring (bicyclic) bond motifs is 1. The van der Waals surface area contributed by atoms with E-state index >= 15 is 0 Å². The van der Waals surface area contributed by atoms with Gasteiger partial charge in [-0.05, 0) is 75.4 Å². The Balaban J connectivity index is 1.20. The maximum Gasteiger partial charge on any atom is 0.410 e. The van der Waals surface area contributed by atoms with Crippen LogP contribution in [0.25, 0.3) is 22.4 Å². The van der Waals surface area contributed by atoms with Crippen molar-refractivity contribution in [1.29, 1.82) is 0 Å². The standard InChI is InChI=1S/C40H49N7O5/c1-24-29(11-9-13-31(24)33-16-15-27(38(44-33)51-8)21-46-19-17-28(22-46)41-26(3)48)30-12-10-14-32(25(30)2)43-37(49)36-42-34-23-47(20-18-35(34)45(36)7)39(50)52-40(4,5)6/h9-16,28H,17-23H2,1-8H3,(H,41,48)(H,43,49)/t28-/m1/s1. The molecule has 274 valence electrons. The number of amides is 3. The first-order valence-corrected chi connectivity index (χ1v) is 17.8. The Morgan fingerprint density at radius 2 is 1.65 bits per heavy atom. The average Bonchev–Trinajstić information content (AvgIpc) is 3.67. The van der Waals surface area contributed by atoms with Crippen LogP contribution in [0.15, 0.2) is 48.5 Å². The Bertz CT molecular complexity index is 2010. The molecule has 2 aliphatic heterocycles. The number of likely N-dealkylation sites (tertiary alicyclic amines) is 1. The van der Waals surface area contributed by atoms with Gasteiger partial charge in [-0.15, -0.1) is 0 Å². The Kier molecular flexibility index (Phi) is 10.4. The van der Waals surface area contributed by atoms with Crippen LogP contribution in [0.2, 0.25) is 0 Å². The van der Waals surface area contributed by atoms with Crippen LogP contribution in [0, 0.1) is 13.8 Å². The third kappa shape index (κ3) is 7.81. The first-order chi connectivity index (χ1) is 24.7. The average molecular weight is 708 g/mol. The van der Waals surface area contributed by atoms with E-state index in [9.17, 15) is 14.4 Å². The van der Waals surface area contributed by atoms with Gasteiger partial charge in [0.15, 0.2) is 5.82 Å². The molecule has 3 amide bonds. The van der Waals surface area contributed by atoms with Gasteiger partial charge >= 0.3 is 6.09 Å². The number of hydrogen-bond donors (Lipinski definition) is 2. The molecule has 1 atom stereocenters. The fourth-order valence-electron chi connectivity index (χ4n) is 7.20. The number of aromatic nitrogens is 3. The van der Waals surface area contributed by atoms with Crippen molar-refractivity contribution < 1.29 is 23.9 Å². The molecule has 0 spiro atoms. The van der Waals surface area contributed by atoms with Crippen molar-refractivity contribution in [3.05, 3.63) is 82.4 Å². The highest BCUT2D eigenvalue weighted by atomic mass is 16.6. The van der Waals surface area contributed by atoms with Gasteiger partial charge in [0.25, 0.3) is 5.91 Å². The molecular weight excluding hydrogens is 658 g/mol. The highest BCUT2D eigenvalue weighted by Crippen LogP contribution is 2.36. The monoisotopic (exact) mass is 707 g/mol. The molecule has 12 nitrogen and oxygen atoms in total. The van der Waals surface area contributed by atoms with Gasteiger partial charge in [0.05, 0.1) is 25.0 Å². The highest BCUT2D eigenvalue weighted by Gasteiger charge is 2.30. The van der Waals surface area contributed by atoms with Gasteiger partial charge < -0.3 is 29.6 Å². The molecule has 6 rings (SSSR count). The largest absolute Gasteiger partial charge is 0.481 e. The topological polar surface area (TPSA) is 131 Å². The second-order valence-corrected chi connectivity index (χ2v) is 14.7. The summed E-state index contributed by atoms with van der Waals surface area (Å²) in [5.41, 5.74) is 8.54. The molecule has 4 aromatic rings. The van der Waals surface area contributed by atoms with E-state index in [-0.39, 0.29) is 30.5 Å². The molecule has 2 aliphatic rings. The van der Waals surface area contributed by atoms with Crippen LogP contribution < -0.4 is 15.4 Å². The minimum atomic E-state index is -0.593. The minimum absolute atomic E-state index is 0.00188. The van der Waals surface area contributed by atoms with Gasteiger partial charge in [0.1, 0.15) is 5.60 Å². The highest BCUT2D eigenvalue weighted by molar-refractivity contribution is 6.03. The summed E-state index contributed by atoms with van der Waals surface area (Å²) in [5, 5.41) is 6.12. The summed E-state index contributed by atoms with van der Waals surface area (Å²) >= 11 is 0. The van der Waals surface area contributed by atoms with Crippen molar-refractivity contribution in [2.24, 2.45) is 7.05 Å². The van der Waals surface area contributed by atoms with Gasteiger partial charge in [0.2, 0.25) is 11.8 Å². The number of rotatable bonds is 8. The van der Waals surface area contributed by atoms with Crippen molar-refractivity contribution in [3.63, 3.8) is 0 Å². The normalized spacial score (nSPS) is 16.0. The Hall–Kier alpha value is -5.23.